The third-order valence-corrected chi connectivity index (χ3v) is 3.23. The normalized spacial score (nSPS) is 15.7. The molecule has 7 nitrogen and oxygen atoms in total. The number of carbonyl (C=O) groups excluding carboxylic acids is 1. The van der Waals surface area contributed by atoms with Gasteiger partial charge in [-0.15, -0.1) is 0 Å². The average Bonchev–Trinajstić information content (AvgIpc) is 2.47. The van der Waals surface area contributed by atoms with Crippen molar-refractivity contribution in [1.82, 2.24) is 14.9 Å². The van der Waals surface area contributed by atoms with Gasteiger partial charge in [-0.2, -0.15) is 0 Å². The maximum atomic E-state index is 11.8. The van der Waals surface area contributed by atoms with Crippen molar-refractivity contribution in [3.8, 4) is 0 Å². The molecule has 2 rings (SSSR count). The monoisotopic (exact) mass is 279 g/mol. The molecule has 20 heavy (non-hydrogen) atoms. The van der Waals surface area contributed by atoms with Crippen LogP contribution in [-0.4, -0.2) is 61.1 Å². The molecule has 0 aromatic carbocycles. The van der Waals surface area contributed by atoms with Crippen LogP contribution in [0.4, 0.5) is 11.6 Å². The summed E-state index contributed by atoms with van der Waals surface area (Å²) in [6.07, 6.45) is 0. The topological polar surface area (TPSA) is 70.6 Å². The first-order valence-electron chi connectivity index (χ1n) is 6.76. The quantitative estimate of drug-likeness (QED) is 0.838. The lowest BCUT2D eigenvalue weighted by atomic mass is 10.3. The molecule has 1 aromatic rings. The molecule has 1 fully saturated rings. The Labute approximate surface area is 118 Å². The van der Waals surface area contributed by atoms with E-state index < -0.39 is 0 Å². The first kappa shape index (κ1) is 14.5. The van der Waals surface area contributed by atoms with Gasteiger partial charge < -0.3 is 19.9 Å². The van der Waals surface area contributed by atoms with Crippen LogP contribution in [-0.2, 0) is 16.1 Å². The molecule has 0 bridgehead atoms. The van der Waals surface area contributed by atoms with E-state index in [9.17, 15) is 4.79 Å². The van der Waals surface area contributed by atoms with Gasteiger partial charge in [-0.05, 0) is 6.92 Å². The third-order valence-electron chi connectivity index (χ3n) is 3.23. The van der Waals surface area contributed by atoms with Crippen LogP contribution in [0.5, 0.6) is 0 Å². The van der Waals surface area contributed by atoms with Gasteiger partial charge in [0.1, 0.15) is 18.2 Å². The summed E-state index contributed by atoms with van der Waals surface area (Å²) in [6.45, 7) is 4.76. The number of nitrogens with one attached hydrogen (secondary N) is 1. The maximum absolute atomic E-state index is 11.8. The first-order chi connectivity index (χ1) is 9.63. The summed E-state index contributed by atoms with van der Waals surface area (Å²) in [5, 5.41) is 3.01. The van der Waals surface area contributed by atoms with Crippen LogP contribution < -0.4 is 10.2 Å². The van der Waals surface area contributed by atoms with Crippen molar-refractivity contribution < 1.29 is 9.53 Å². The Hall–Kier alpha value is -1.89. The van der Waals surface area contributed by atoms with E-state index in [1.165, 1.54) is 0 Å². The highest BCUT2D eigenvalue weighted by Crippen LogP contribution is 2.18. The molecule has 1 aromatic heterocycles. The zero-order valence-corrected chi connectivity index (χ0v) is 12.2. The molecule has 0 atom stereocenters. The molecule has 110 valence electrons. The number of carbonyl (C=O) groups is 1. The van der Waals surface area contributed by atoms with E-state index in [0.717, 1.165) is 18.2 Å². The number of ether oxygens (including phenoxy) is 1. The summed E-state index contributed by atoms with van der Waals surface area (Å²) in [6, 6.07) is 1.86. The summed E-state index contributed by atoms with van der Waals surface area (Å²) in [5.41, 5.74) is 0. The Balaban J connectivity index is 2.19. The van der Waals surface area contributed by atoms with Crippen LogP contribution in [0.3, 0.4) is 0 Å². The number of hydrogen-bond donors (Lipinski definition) is 1. The van der Waals surface area contributed by atoms with E-state index >= 15 is 0 Å². The molecule has 0 spiro atoms. The molecule has 1 saturated heterocycles. The molecule has 1 amide bonds. The van der Waals surface area contributed by atoms with Crippen molar-refractivity contribution in [1.29, 1.82) is 0 Å². The van der Waals surface area contributed by atoms with Crippen LogP contribution in [0.25, 0.3) is 0 Å². The molecule has 0 saturated carbocycles. The summed E-state index contributed by atoms with van der Waals surface area (Å²) in [5.74, 6) is 2.23. The summed E-state index contributed by atoms with van der Waals surface area (Å²) < 4.78 is 5.35. The van der Waals surface area contributed by atoms with E-state index in [0.29, 0.717) is 32.1 Å². The van der Waals surface area contributed by atoms with Gasteiger partial charge in [0.2, 0.25) is 5.91 Å². The van der Waals surface area contributed by atoms with Crippen molar-refractivity contribution in [2.75, 3.05) is 50.6 Å². The Kier molecular flexibility index (Phi) is 4.73. The van der Waals surface area contributed by atoms with Gasteiger partial charge in [0.05, 0.1) is 6.54 Å². The Morgan fingerprint density at radius 1 is 1.40 bits per heavy atom. The first-order valence-corrected chi connectivity index (χ1v) is 6.76. The largest absolute Gasteiger partial charge is 0.374 e. The summed E-state index contributed by atoms with van der Waals surface area (Å²) in [4.78, 5) is 24.3. The van der Waals surface area contributed by atoms with Gasteiger partial charge >= 0.3 is 0 Å². The molecule has 1 aliphatic rings. The van der Waals surface area contributed by atoms with Crippen LogP contribution >= 0.6 is 0 Å². The van der Waals surface area contributed by atoms with E-state index in [2.05, 4.69) is 15.3 Å². The predicted molar refractivity (Wildman–Crippen MR) is 76.8 cm³/mol. The second-order valence-electron chi connectivity index (χ2n) is 4.65. The van der Waals surface area contributed by atoms with Crippen LogP contribution in [0, 0.1) is 0 Å². The van der Waals surface area contributed by atoms with E-state index in [1.807, 2.05) is 32.0 Å². The lowest BCUT2D eigenvalue weighted by molar-refractivity contribution is -0.129. The SMILES string of the molecule is CCOCc1nc(NC)cc(N2CCN(C)C(=O)C2)n1. The van der Waals surface area contributed by atoms with Gasteiger partial charge in [0.25, 0.3) is 0 Å². The molecule has 2 heterocycles. The zero-order valence-electron chi connectivity index (χ0n) is 12.2. The molecule has 1 aliphatic heterocycles. The highest BCUT2D eigenvalue weighted by molar-refractivity contribution is 5.82. The van der Waals surface area contributed by atoms with Crippen molar-refractivity contribution in [3.63, 3.8) is 0 Å². The number of aromatic nitrogens is 2. The van der Waals surface area contributed by atoms with Gasteiger partial charge in [0.15, 0.2) is 5.82 Å². The third kappa shape index (κ3) is 3.36. The second-order valence-corrected chi connectivity index (χ2v) is 4.65. The molecule has 0 radical (unpaired) electrons. The van der Waals surface area contributed by atoms with Gasteiger partial charge in [-0.25, -0.2) is 9.97 Å². The van der Waals surface area contributed by atoms with E-state index in [1.54, 1.807) is 4.90 Å². The van der Waals surface area contributed by atoms with Crippen LogP contribution in [0.2, 0.25) is 0 Å². The Morgan fingerprint density at radius 3 is 2.85 bits per heavy atom. The van der Waals surface area contributed by atoms with Gasteiger partial charge in [0, 0.05) is 39.9 Å². The summed E-state index contributed by atoms with van der Waals surface area (Å²) in [7, 11) is 3.63. The molecule has 0 aliphatic carbocycles. The zero-order chi connectivity index (χ0) is 14.5. The minimum Gasteiger partial charge on any atom is -0.374 e. The molecule has 1 N–H and O–H groups in total. The fourth-order valence-electron chi connectivity index (χ4n) is 1.99. The number of nitrogens with zero attached hydrogens (tertiary/aromatic N) is 4. The maximum Gasteiger partial charge on any atom is 0.241 e. The fourth-order valence-corrected chi connectivity index (χ4v) is 1.99. The highest BCUT2D eigenvalue weighted by Gasteiger charge is 2.22. The number of hydrogen-bond acceptors (Lipinski definition) is 6. The van der Waals surface area contributed by atoms with Crippen molar-refractivity contribution >= 4 is 17.5 Å². The lowest BCUT2D eigenvalue weighted by Crippen LogP contribution is -2.48. The van der Waals surface area contributed by atoms with Gasteiger partial charge in [-0.1, -0.05) is 0 Å². The summed E-state index contributed by atoms with van der Waals surface area (Å²) >= 11 is 0. The average molecular weight is 279 g/mol. The van der Waals surface area contributed by atoms with Crippen molar-refractivity contribution in [2.45, 2.75) is 13.5 Å². The number of likely N-dealkylation sites (N-methyl/N-ethyl adjacent to an activating group) is 1. The molecule has 0 unspecified atom stereocenters. The van der Waals surface area contributed by atoms with Crippen LogP contribution in [0.15, 0.2) is 6.07 Å². The number of rotatable bonds is 5. The van der Waals surface area contributed by atoms with Crippen molar-refractivity contribution in [2.24, 2.45) is 0 Å². The van der Waals surface area contributed by atoms with Gasteiger partial charge in [-0.3, -0.25) is 4.79 Å². The molecular weight excluding hydrogens is 258 g/mol. The fraction of sp³-hybridized carbons (Fsp3) is 0.615. The number of piperazine rings is 1. The molecule has 7 heteroatoms. The number of amides is 1. The smallest absolute Gasteiger partial charge is 0.241 e. The highest BCUT2D eigenvalue weighted by atomic mass is 16.5. The van der Waals surface area contributed by atoms with E-state index in [-0.39, 0.29) is 5.91 Å². The predicted octanol–water partition coefficient (Wildman–Crippen LogP) is 0.333. The van der Waals surface area contributed by atoms with E-state index in [4.69, 9.17) is 4.74 Å². The van der Waals surface area contributed by atoms with Crippen molar-refractivity contribution in [3.05, 3.63) is 11.9 Å². The lowest BCUT2D eigenvalue weighted by Gasteiger charge is -2.32. The van der Waals surface area contributed by atoms with Crippen LogP contribution in [0.1, 0.15) is 12.7 Å². The Bertz CT molecular complexity index is 480. The Morgan fingerprint density at radius 2 is 2.20 bits per heavy atom. The standard InChI is InChI=1S/C13H21N5O2/c1-4-20-9-11-15-10(14-2)7-12(16-11)18-6-5-17(3)13(19)8-18/h7H,4-6,8-9H2,1-3H3,(H,14,15,16). The minimum absolute atomic E-state index is 0.104. The number of anilines is 2. The molecular formula is C13H21N5O2. The minimum atomic E-state index is 0.104. The second kappa shape index (κ2) is 6.51.